The van der Waals surface area contributed by atoms with Crippen LogP contribution in [0.4, 0.5) is 11.5 Å². The number of methoxy groups -OCH3 is 1. The van der Waals surface area contributed by atoms with Crippen molar-refractivity contribution in [1.82, 2.24) is 24.4 Å². The number of carbonyl (C=O) groups is 1. The van der Waals surface area contributed by atoms with E-state index in [1.807, 2.05) is 35.0 Å². The number of halogens is 2. The minimum absolute atomic E-state index is 0.0775. The number of aromatic nitrogens is 4. The Morgan fingerprint density at radius 2 is 1.86 bits per heavy atom. The van der Waals surface area contributed by atoms with Gasteiger partial charge in [-0.1, -0.05) is 29.3 Å². The van der Waals surface area contributed by atoms with E-state index in [0.717, 1.165) is 36.6 Å². The maximum atomic E-state index is 13.7. The lowest BCUT2D eigenvalue weighted by atomic mass is 9.98. The largest absolute Gasteiger partial charge is 0.481 e. The molecule has 258 valence electrons. The van der Waals surface area contributed by atoms with Crippen molar-refractivity contribution in [2.75, 3.05) is 57.2 Å². The van der Waals surface area contributed by atoms with Crippen molar-refractivity contribution in [2.24, 2.45) is 0 Å². The summed E-state index contributed by atoms with van der Waals surface area (Å²) in [7, 11) is 5.70. The lowest BCUT2D eigenvalue weighted by Crippen LogP contribution is -2.57. The van der Waals surface area contributed by atoms with Gasteiger partial charge in [0.25, 0.3) is 0 Å². The number of carbonyl (C=O) groups excluding carboxylic acids is 1. The number of anilines is 2. The van der Waals surface area contributed by atoms with Crippen molar-refractivity contribution in [3.8, 4) is 17.4 Å². The monoisotopic (exact) mass is 713 g/mol. The molecular formula is C37H37Cl2N7O4. The maximum absolute atomic E-state index is 13.7. The van der Waals surface area contributed by atoms with E-state index >= 15 is 0 Å². The first-order chi connectivity index (χ1) is 24.1. The molecule has 0 radical (unpaired) electrons. The summed E-state index contributed by atoms with van der Waals surface area (Å²) in [4.78, 5) is 46.5. The Morgan fingerprint density at radius 3 is 2.54 bits per heavy atom. The van der Waals surface area contributed by atoms with Gasteiger partial charge in [0.15, 0.2) is 11.2 Å². The zero-order chi connectivity index (χ0) is 35.1. The quantitative estimate of drug-likeness (QED) is 0.163. The fourth-order valence-corrected chi connectivity index (χ4v) is 7.15. The van der Waals surface area contributed by atoms with Crippen LogP contribution in [0.3, 0.4) is 0 Å². The highest BCUT2D eigenvalue weighted by molar-refractivity contribution is 6.34. The van der Waals surface area contributed by atoms with E-state index < -0.39 is 0 Å². The molecule has 0 amide bonds. The topological polar surface area (TPSA) is 106 Å². The van der Waals surface area contributed by atoms with Gasteiger partial charge in [-0.25, -0.2) is 4.98 Å². The summed E-state index contributed by atoms with van der Waals surface area (Å²) in [6, 6.07) is 15.2. The Kier molecular flexibility index (Phi) is 9.38. The lowest BCUT2D eigenvalue weighted by molar-refractivity contribution is 0.101. The van der Waals surface area contributed by atoms with Crippen LogP contribution in [0, 0.1) is 0 Å². The smallest absolute Gasteiger partial charge is 0.235 e. The molecule has 6 heterocycles. The van der Waals surface area contributed by atoms with E-state index in [9.17, 15) is 9.59 Å². The molecule has 7 rings (SSSR count). The number of ketones is 1. The van der Waals surface area contributed by atoms with E-state index in [2.05, 4.69) is 44.8 Å². The number of rotatable bonds is 10. The van der Waals surface area contributed by atoms with Crippen molar-refractivity contribution in [3.05, 3.63) is 105 Å². The van der Waals surface area contributed by atoms with Gasteiger partial charge in [-0.2, -0.15) is 4.98 Å². The van der Waals surface area contributed by atoms with Gasteiger partial charge in [-0.15, -0.1) is 0 Å². The summed E-state index contributed by atoms with van der Waals surface area (Å²) in [5.74, 6) is 1.35. The van der Waals surface area contributed by atoms with Crippen LogP contribution < -0.4 is 24.7 Å². The molecule has 11 nitrogen and oxygen atoms in total. The fourth-order valence-electron chi connectivity index (χ4n) is 6.72. The molecule has 1 unspecified atom stereocenters. The van der Waals surface area contributed by atoms with Gasteiger partial charge in [0, 0.05) is 61.6 Å². The predicted octanol–water partition coefficient (Wildman–Crippen LogP) is 5.89. The Morgan fingerprint density at radius 1 is 1.04 bits per heavy atom. The molecule has 2 fully saturated rings. The zero-order valence-electron chi connectivity index (χ0n) is 28.2. The van der Waals surface area contributed by atoms with Crippen molar-refractivity contribution in [3.63, 3.8) is 0 Å². The molecule has 2 saturated heterocycles. The van der Waals surface area contributed by atoms with E-state index in [0.29, 0.717) is 45.1 Å². The van der Waals surface area contributed by atoms with Crippen LogP contribution in [-0.2, 0) is 0 Å². The maximum Gasteiger partial charge on any atom is 0.235 e. The molecule has 2 aliphatic heterocycles. The van der Waals surface area contributed by atoms with Crippen LogP contribution >= 0.6 is 23.2 Å². The third-order valence-electron chi connectivity index (χ3n) is 9.67. The third kappa shape index (κ3) is 6.48. The number of ether oxygens (including phenoxy) is 2. The highest BCUT2D eigenvalue weighted by atomic mass is 35.5. The molecule has 2 aliphatic rings. The number of likely N-dealkylation sites (N-methyl/N-ethyl adjacent to an activating group) is 1. The van der Waals surface area contributed by atoms with Crippen LogP contribution in [0.5, 0.6) is 11.8 Å². The minimum atomic E-state index is -0.370. The van der Waals surface area contributed by atoms with E-state index in [-0.39, 0.29) is 41.2 Å². The SMILES string of the molecule is COc1ccc(Cl)c(OC[C@H]2CC(c3cccnc3)CN2c2cc3c(cc2Cl)c(=O)c(C(C)=O)cn3-c2ccc(N3CC(N(C)C)C3)nc2)n1. The molecule has 1 aromatic carbocycles. The second-order valence-electron chi connectivity index (χ2n) is 13.0. The molecule has 0 saturated carbocycles. The first kappa shape index (κ1) is 33.8. The number of Topliss-reactive ketones (excluding diaryl/α,β-unsaturated/α-hetero) is 1. The normalized spacial score (nSPS) is 17.7. The average Bonchev–Trinajstić information content (AvgIpc) is 3.52. The molecule has 50 heavy (non-hydrogen) atoms. The highest BCUT2D eigenvalue weighted by Crippen LogP contribution is 2.40. The summed E-state index contributed by atoms with van der Waals surface area (Å²) >= 11 is 13.5. The van der Waals surface area contributed by atoms with Gasteiger partial charge < -0.3 is 28.7 Å². The number of hydrogen-bond acceptors (Lipinski definition) is 10. The van der Waals surface area contributed by atoms with Gasteiger partial charge in [0.05, 0.1) is 46.8 Å². The fraction of sp³-hybridized carbons (Fsp3) is 0.324. The minimum Gasteiger partial charge on any atom is -0.481 e. The molecule has 5 aromatic rings. The molecule has 0 aliphatic carbocycles. The van der Waals surface area contributed by atoms with Crippen molar-refractivity contribution < 1.29 is 14.3 Å². The van der Waals surface area contributed by atoms with Crippen LogP contribution in [0.25, 0.3) is 16.6 Å². The summed E-state index contributed by atoms with van der Waals surface area (Å²) in [5, 5.41) is 1.10. The van der Waals surface area contributed by atoms with Gasteiger partial charge in [0.2, 0.25) is 11.8 Å². The van der Waals surface area contributed by atoms with Crippen LogP contribution in [0.2, 0.25) is 10.0 Å². The standard InChI is InChI=1S/C37H37Cl2N7O4/c1-22(47)29-20-46(25-7-9-34(41-16-25)44-18-27(19-44)43(2)3)32-14-33(31(39)13-28(32)36(29)48)45-17-24(23-6-5-11-40-15-23)12-26(45)21-50-37-30(38)8-10-35(42-37)49-4/h5-11,13-16,20,24,26-27H,12,17-19,21H2,1-4H3/t24?,26-/m1/s1. The molecule has 4 aromatic heterocycles. The van der Waals surface area contributed by atoms with E-state index in [4.69, 9.17) is 37.7 Å². The Bertz CT molecular complexity index is 2100. The summed E-state index contributed by atoms with van der Waals surface area (Å²) in [6.07, 6.45) is 7.76. The molecule has 0 bridgehead atoms. The van der Waals surface area contributed by atoms with Crippen LogP contribution in [0.15, 0.2) is 78.1 Å². The summed E-state index contributed by atoms with van der Waals surface area (Å²) < 4.78 is 13.3. The molecule has 13 heteroatoms. The number of hydrogen-bond donors (Lipinski definition) is 0. The van der Waals surface area contributed by atoms with Crippen molar-refractivity contribution in [2.45, 2.75) is 31.3 Å². The van der Waals surface area contributed by atoms with Crippen LogP contribution in [0.1, 0.15) is 35.2 Å². The highest BCUT2D eigenvalue weighted by Gasteiger charge is 2.36. The molecule has 0 spiro atoms. The zero-order valence-corrected chi connectivity index (χ0v) is 29.7. The van der Waals surface area contributed by atoms with E-state index in [1.54, 1.807) is 36.8 Å². The number of benzene rings is 1. The second kappa shape index (κ2) is 13.9. The number of pyridine rings is 4. The summed E-state index contributed by atoms with van der Waals surface area (Å²) in [5.41, 5.74) is 2.86. The predicted molar refractivity (Wildman–Crippen MR) is 196 cm³/mol. The van der Waals surface area contributed by atoms with Gasteiger partial charge in [-0.3, -0.25) is 14.6 Å². The average molecular weight is 715 g/mol. The Balaban J connectivity index is 1.28. The van der Waals surface area contributed by atoms with E-state index in [1.165, 1.54) is 14.0 Å². The van der Waals surface area contributed by atoms with Gasteiger partial charge >= 0.3 is 0 Å². The van der Waals surface area contributed by atoms with Crippen molar-refractivity contribution in [1.29, 1.82) is 0 Å². The molecular weight excluding hydrogens is 677 g/mol. The van der Waals surface area contributed by atoms with Gasteiger partial charge in [0.1, 0.15) is 17.4 Å². The first-order valence-electron chi connectivity index (χ1n) is 16.4. The first-order valence-corrected chi connectivity index (χ1v) is 17.1. The summed E-state index contributed by atoms with van der Waals surface area (Å²) in [6.45, 7) is 4.08. The lowest BCUT2D eigenvalue weighted by Gasteiger charge is -2.43. The van der Waals surface area contributed by atoms with Crippen LogP contribution in [-0.4, -0.2) is 89.7 Å². The number of fused-ring (bicyclic) bond motifs is 1. The Labute approximate surface area is 300 Å². The third-order valence-corrected chi connectivity index (χ3v) is 10.3. The van der Waals surface area contributed by atoms with Crippen molar-refractivity contribution >= 4 is 51.4 Å². The molecule has 0 N–H and O–H groups in total. The molecule has 2 atom stereocenters. The second-order valence-corrected chi connectivity index (χ2v) is 13.8. The van der Waals surface area contributed by atoms with Gasteiger partial charge in [-0.05, 0) is 69.4 Å². The Hall–Kier alpha value is -4.71. The number of nitrogens with zero attached hydrogens (tertiary/aromatic N) is 7.